The normalized spacial score (nSPS) is 21.9. The van der Waals surface area contributed by atoms with Crippen LogP contribution in [0.1, 0.15) is 65.1 Å². The van der Waals surface area contributed by atoms with Crippen LogP contribution in [0.4, 0.5) is 5.82 Å². The molecule has 7 nitrogen and oxygen atoms in total. The van der Waals surface area contributed by atoms with Gasteiger partial charge in [0.05, 0.1) is 6.54 Å². The van der Waals surface area contributed by atoms with Crippen molar-refractivity contribution in [2.45, 2.75) is 70.8 Å². The van der Waals surface area contributed by atoms with Gasteiger partial charge in [0, 0.05) is 18.0 Å². The number of likely N-dealkylation sites (tertiary alicyclic amines) is 2. The molecule has 2 amide bonds. The maximum absolute atomic E-state index is 12.8. The molecule has 1 N–H and O–H groups in total. The molecule has 0 spiro atoms. The van der Waals surface area contributed by atoms with E-state index in [1.807, 2.05) is 20.8 Å². The number of carbonyl (C=O) groups excluding carboxylic acids is 2. The molecule has 0 radical (unpaired) electrons. The molecule has 1 atom stereocenters. The summed E-state index contributed by atoms with van der Waals surface area (Å²) >= 11 is 0. The van der Waals surface area contributed by atoms with Crippen LogP contribution in [0, 0.1) is 0 Å². The van der Waals surface area contributed by atoms with Gasteiger partial charge in [-0.25, -0.2) is 0 Å². The highest BCUT2D eigenvalue weighted by Gasteiger charge is 2.33. The van der Waals surface area contributed by atoms with Crippen molar-refractivity contribution in [1.82, 2.24) is 15.0 Å². The van der Waals surface area contributed by atoms with Gasteiger partial charge in [-0.3, -0.25) is 14.5 Å². The van der Waals surface area contributed by atoms with Gasteiger partial charge >= 0.3 is 0 Å². The first-order chi connectivity index (χ1) is 12.8. The third kappa shape index (κ3) is 5.09. The molecular formula is C20H32N4O3. The summed E-state index contributed by atoms with van der Waals surface area (Å²) in [6, 6.07) is 1.34. The minimum Gasteiger partial charge on any atom is -0.359 e. The first kappa shape index (κ1) is 19.9. The predicted molar refractivity (Wildman–Crippen MR) is 103 cm³/mol. The number of carbonyl (C=O) groups is 2. The van der Waals surface area contributed by atoms with E-state index in [1.54, 1.807) is 11.0 Å². The number of rotatable bonds is 4. The smallest absolute Gasteiger partial charge is 0.248 e. The van der Waals surface area contributed by atoms with Crippen molar-refractivity contribution >= 4 is 17.6 Å². The van der Waals surface area contributed by atoms with E-state index in [0.717, 1.165) is 44.5 Å². The number of piperidine rings is 2. The van der Waals surface area contributed by atoms with Gasteiger partial charge in [-0.15, -0.1) is 0 Å². The highest BCUT2D eigenvalue weighted by Crippen LogP contribution is 2.25. The van der Waals surface area contributed by atoms with Gasteiger partial charge in [-0.2, -0.15) is 0 Å². The van der Waals surface area contributed by atoms with Gasteiger partial charge in [-0.05, 0) is 45.2 Å². The third-order valence-electron chi connectivity index (χ3n) is 5.43. The highest BCUT2D eigenvalue weighted by molar-refractivity contribution is 5.96. The van der Waals surface area contributed by atoms with Crippen molar-refractivity contribution < 1.29 is 14.1 Å². The van der Waals surface area contributed by atoms with Crippen LogP contribution in [0.15, 0.2) is 10.6 Å². The summed E-state index contributed by atoms with van der Waals surface area (Å²) in [6.45, 7) is 9.11. The van der Waals surface area contributed by atoms with Crippen LogP contribution in [0.25, 0.3) is 0 Å². The lowest BCUT2D eigenvalue weighted by Gasteiger charge is -2.36. The average Bonchev–Trinajstić information content (AvgIpc) is 3.11. The number of nitrogens with zero attached hydrogens (tertiary/aromatic N) is 3. The fraction of sp³-hybridized carbons (Fsp3) is 0.750. The summed E-state index contributed by atoms with van der Waals surface area (Å²) < 4.78 is 5.34. The molecule has 0 bridgehead atoms. The van der Waals surface area contributed by atoms with Crippen molar-refractivity contribution in [2.75, 3.05) is 31.5 Å². The molecule has 3 rings (SSSR count). The summed E-state index contributed by atoms with van der Waals surface area (Å²) in [6.07, 6.45) is 6.15. The Morgan fingerprint density at radius 2 is 1.85 bits per heavy atom. The number of amides is 2. The van der Waals surface area contributed by atoms with Crippen LogP contribution in [-0.2, 0) is 15.0 Å². The standard InChI is InChI=1S/C20H32N4O3/c1-20(2,3)16-13-17(22-27-16)21-19(26)15-9-5-8-12-24(15)18(25)14-23-10-6-4-7-11-23/h13,15H,4-12,14H2,1-3H3,(H,21,22,26)/t15-/m0/s1. The fourth-order valence-electron chi connectivity index (χ4n) is 3.80. The van der Waals surface area contributed by atoms with Crippen LogP contribution in [0.3, 0.4) is 0 Å². The number of anilines is 1. The molecule has 2 fully saturated rings. The summed E-state index contributed by atoms with van der Waals surface area (Å²) in [5.41, 5.74) is -0.169. The molecule has 2 saturated heterocycles. The Hall–Kier alpha value is -1.89. The number of hydrogen-bond acceptors (Lipinski definition) is 5. The lowest BCUT2D eigenvalue weighted by Crippen LogP contribution is -2.53. The Morgan fingerprint density at radius 1 is 1.15 bits per heavy atom. The molecule has 27 heavy (non-hydrogen) atoms. The van der Waals surface area contributed by atoms with Gasteiger partial charge in [-0.1, -0.05) is 32.3 Å². The van der Waals surface area contributed by atoms with E-state index in [2.05, 4.69) is 15.4 Å². The topological polar surface area (TPSA) is 78.7 Å². The molecule has 1 aromatic rings. The Balaban J connectivity index is 1.62. The molecule has 7 heteroatoms. The van der Waals surface area contributed by atoms with E-state index < -0.39 is 6.04 Å². The minimum absolute atomic E-state index is 0.0623. The first-order valence-electron chi connectivity index (χ1n) is 10.1. The third-order valence-corrected chi connectivity index (χ3v) is 5.43. The molecule has 0 aliphatic carbocycles. The molecular weight excluding hydrogens is 344 g/mol. The van der Waals surface area contributed by atoms with Crippen molar-refractivity contribution in [1.29, 1.82) is 0 Å². The van der Waals surface area contributed by atoms with Gasteiger partial charge < -0.3 is 14.7 Å². The SMILES string of the molecule is CC(C)(C)c1cc(NC(=O)[C@@H]2CCCCN2C(=O)CN2CCCCC2)no1. The van der Waals surface area contributed by atoms with Crippen LogP contribution in [0.5, 0.6) is 0 Å². The molecule has 150 valence electrons. The van der Waals surface area contributed by atoms with E-state index >= 15 is 0 Å². The second-order valence-corrected chi connectivity index (χ2v) is 8.75. The lowest BCUT2D eigenvalue weighted by molar-refractivity contribution is -0.141. The van der Waals surface area contributed by atoms with Gasteiger partial charge in [0.25, 0.3) is 0 Å². The molecule has 1 aromatic heterocycles. The van der Waals surface area contributed by atoms with Crippen molar-refractivity contribution in [3.8, 4) is 0 Å². The maximum atomic E-state index is 12.8. The van der Waals surface area contributed by atoms with Crippen LogP contribution >= 0.6 is 0 Å². The van der Waals surface area contributed by atoms with E-state index in [0.29, 0.717) is 25.3 Å². The quantitative estimate of drug-likeness (QED) is 0.874. The minimum atomic E-state index is -0.425. The Labute approximate surface area is 161 Å². The lowest BCUT2D eigenvalue weighted by atomic mass is 9.93. The van der Waals surface area contributed by atoms with E-state index in [4.69, 9.17) is 4.52 Å². The van der Waals surface area contributed by atoms with Crippen LogP contribution < -0.4 is 5.32 Å². The monoisotopic (exact) mass is 376 g/mol. The average molecular weight is 377 g/mol. The summed E-state index contributed by atoms with van der Waals surface area (Å²) in [5.74, 6) is 1.03. The van der Waals surface area contributed by atoms with Gasteiger partial charge in [0.1, 0.15) is 11.8 Å². The van der Waals surface area contributed by atoms with E-state index in [1.165, 1.54) is 6.42 Å². The zero-order chi connectivity index (χ0) is 19.4. The summed E-state index contributed by atoms with van der Waals surface area (Å²) in [5, 5.41) is 6.80. The summed E-state index contributed by atoms with van der Waals surface area (Å²) in [4.78, 5) is 29.6. The van der Waals surface area contributed by atoms with Crippen LogP contribution in [0.2, 0.25) is 0 Å². The van der Waals surface area contributed by atoms with Crippen molar-refractivity contribution in [3.05, 3.63) is 11.8 Å². The van der Waals surface area contributed by atoms with Crippen molar-refractivity contribution in [3.63, 3.8) is 0 Å². The number of hydrogen-bond donors (Lipinski definition) is 1. The molecule has 0 unspecified atom stereocenters. The largest absolute Gasteiger partial charge is 0.359 e. The number of aromatic nitrogens is 1. The number of nitrogens with one attached hydrogen (secondary N) is 1. The molecule has 3 heterocycles. The second kappa shape index (κ2) is 8.42. The van der Waals surface area contributed by atoms with Gasteiger partial charge in [0.15, 0.2) is 5.82 Å². The molecule has 0 aromatic carbocycles. The van der Waals surface area contributed by atoms with E-state index in [9.17, 15) is 9.59 Å². The Kier molecular flexibility index (Phi) is 6.19. The van der Waals surface area contributed by atoms with Crippen LogP contribution in [-0.4, -0.2) is 59.0 Å². The maximum Gasteiger partial charge on any atom is 0.248 e. The fourth-order valence-corrected chi connectivity index (χ4v) is 3.80. The molecule has 2 aliphatic rings. The van der Waals surface area contributed by atoms with Crippen molar-refractivity contribution in [2.24, 2.45) is 0 Å². The second-order valence-electron chi connectivity index (χ2n) is 8.75. The van der Waals surface area contributed by atoms with E-state index in [-0.39, 0.29) is 17.2 Å². The summed E-state index contributed by atoms with van der Waals surface area (Å²) in [7, 11) is 0. The predicted octanol–water partition coefficient (Wildman–Crippen LogP) is 2.78. The molecule has 2 aliphatic heterocycles. The Morgan fingerprint density at radius 3 is 2.52 bits per heavy atom. The zero-order valence-electron chi connectivity index (χ0n) is 16.8. The first-order valence-corrected chi connectivity index (χ1v) is 10.1. The zero-order valence-corrected chi connectivity index (χ0v) is 16.8. The Bertz CT molecular complexity index is 658. The molecule has 0 saturated carbocycles. The highest BCUT2D eigenvalue weighted by atomic mass is 16.5. The van der Waals surface area contributed by atoms with Gasteiger partial charge in [0.2, 0.25) is 11.8 Å².